The highest BCUT2D eigenvalue weighted by atomic mass is 35.5. The van der Waals surface area contributed by atoms with Crippen LogP contribution in [0.4, 0.5) is 20.3 Å². The third-order valence-electron chi connectivity index (χ3n) is 10.9. The molecule has 3 aromatic heterocycles. The van der Waals surface area contributed by atoms with Gasteiger partial charge in [-0.05, 0) is 49.3 Å². The Hall–Kier alpha value is -4.92. The predicted octanol–water partition coefficient (Wildman–Crippen LogP) is 7.51. The SMILES string of the molecule is CC.CCOC(=O)C1C2CN(C3CCc4cc(-c5cccc(-c6cccc(Nc7nc(C(F)F)nc8c7c(=O)n(C)c(=O)n8C)c6Cl)c5Cl)nc(OC)c43)CC21. The molecule has 1 saturated carbocycles. The number of benzene rings is 2. The quantitative estimate of drug-likeness (QED) is 0.149. The van der Waals surface area contributed by atoms with E-state index in [0.717, 1.165) is 46.2 Å². The largest absolute Gasteiger partial charge is 0.481 e. The minimum absolute atomic E-state index is 0.000000989. The number of aryl methyl sites for hydroxylation is 2. The van der Waals surface area contributed by atoms with Crippen molar-refractivity contribution in [1.29, 1.82) is 0 Å². The van der Waals surface area contributed by atoms with Crippen LogP contribution in [0, 0.1) is 17.8 Å². The number of likely N-dealkylation sites (tertiary alicyclic amines) is 1. The molecule has 0 amide bonds. The zero-order valence-electron chi connectivity index (χ0n) is 31.7. The first-order valence-corrected chi connectivity index (χ1v) is 19.3. The zero-order valence-corrected chi connectivity index (χ0v) is 33.2. The van der Waals surface area contributed by atoms with E-state index in [2.05, 4.69) is 26.3 Å². The highest BCUT2D eigenvalue weighted by Crippen LogP contribution is 2.56. The average Bonchev–Trinajstić information content (AvgIpc) is 3.47. The van der Waals surface area contributed by atoms with Crippen LogP contribution in [0.5, 0.6) is 5.88 Å². The van der Waals surface area contributed by atoms with Gasteiger partial charge in [0.05, 0.1) is 41.1 Å². The molecule has 1 aliphatic heterocycles. The molecule has 4 heterocycles. The normalized spacial score (nSPS) is 19.7. The smallest absolute Gasteiger partial charge is 0.332 e. The fraction of sp³-hybridized carbons (Fsp3) is 0.400. The summed E-state index contributed by atoms with van der Waals surface area (Å²) in [6.07, 6.45) is -1.34. The van der Waals surface area contributed by atoms with Crippen molar-refractivity contribution in [3.05, 3.63) is 90.3 Å². The molecule has 8 rings (SSSR count). The number of carbonyl (C=O) groups excluding carboxylic acids is 1. The second kappa shape index (κ2) is 15.5. The van der Waals surface area contributed by atoms with E-state index in [1.54, 1.807) is 31.4 Å². The van der Waals surface area contributed by atoms with Gasteiger partial charge in [0, 0.05) is 55.5 Å². The van der Waals surface area contributed by atoms with Crippen LogP contribution in [0.1, 0.15) is 56.6 Å². The maximum absolute atomic E-state index is 13.9. The van der Waals surface area contributed by atoms with Gasteiger partial charge in [-0.15, -0.1) is 0 Å². The topological polar surface area (TPSA) is 133 Å². The van der Waals surface area contributed by atoms with Crippen LogP contribution >= 0.6 is 23.2 Å². The zero-order chi connectivity index (χ0) is 40.2. The van der Waals surface area contributed by atoms with Crippen molar-refractivity contribution in [3.8, 4) is 28.3 Å². The van der Waals surface area contributed by atoms with Crippen LogP contribution in [0.25, 0.3) is 33.4 Å². The van der Waals surface area contributed by atoms with Gasteiger partial charge in [-0.2, -0.15) is 0 Å². The molecule has 1 saturated heterocycles. The molecule has 3 unspecified atom stereocenters. The first-order valence-electron chi connectivity index (χ1n) is 18.5. The van der Waals surface area contributed by atoms with Crippen molar-refractivity contribution >= 4 is 51.7 Å². The Kier molecular flexibility index (Phi) is 10.9. The van der Waals surface area contributed by atoms with E-state index in [0.29, 0.717) is 51.7 Å². The van der Waals surface area contributed by atoms with Gasteiger partial charge >= 0.3 is 11.7 Å². The molecule has 294 valence electrons. The number of hydrogen-bond acceptors (Lipinski definition) is 10. The number of alkyl halides is 2. The van der Waals surface area contributed by atoms with Crippen molar-refractivity contribution in [2.24, 2.45) is 31.8 Å². The van der Waals surface area contributed by atoms with Gasteiger partial charge in [-0.25, -0.2) is 28.5 Å². The number of ether oxygens (including phenoxy) is 2. The van der Waals surface area contributed by atoms with Gasteiger partial charge in [0.25, 0.3) is 12.0 Å². The highest BCUT2D eigenvalue weighted by molar-refractivity contribution is 6.39. The Balaban J connectivity index is 0.00000237. The lowest BCUT2D eigenvalue weighted by atomic mass is 9.99. The highest BCUT2D eigenvalue weighted by Gasteiger charge is 2.61. The molecule has 0 spiro atoms. The second-order valence-corrected chi connectivity index (χ2v) is 14.6. The minimum Gasteiger partial charge on any atom is -0.481 e. The summed E-state index contributed by atoms with van der Waals surface area (Å²) in [5, 5.41) is 3.34. The molecule has 2 aromatic carbocycles. The number of halogens is 4. The summed E-state index contributed by atoms with van der Waals surface area (Å²) in [4.78, 5) is 53.3. The summed E-state index contributed by atoms with van der Waals surface area (Å²) in [6, 6.07) is 12.8. The van der Waals surface area contributed by atoms with Crippen molar-refractivity contribution in [1.82, 2.24) is 29.0 Å². The molecule has 5 aromatic rings. The van der Waals surface area contributed by atoms with E-state index in [1.807, 2.05) is 32.9 Å². The Morgan fingerprint density at radius 3 is 2.29 bits per heavy atom. The predicted molar refractivity (Wildman–Crippen MR) is 211 cm³/mol. The number of pyridine rings is 1. The molecular formula is C40H41Cl2F2N7O5. The van der Waals surface area contributed by atoms with Crippen molar-refractivity contribution in [3.63, 3.8) is 0 Å². The average molecular weight is 809 g/mol. The maximum Gasteiger partial charge on any atom is 0.332 e. The minimum atomic E-state index is -3.08. The summed E-state index contributed by atoms with van der Waals surface area (Å²) in [5.41, 5.74) is 3.08. The number of fused-ring (bicyclic) bond motifs is 3. The maximum atomic E-state index is 13.9. The van der Waals surface area contributed by atoms with E-state index in [4.69, 9.17) is 37.7 Å². The van der Waals surface area contributed by atoms with Crippen molar-refractivity contribution in [2.75, 3.05) is 32.1 Å². The summed E-state index contributed by atoms with van der Waals surface area (Å²) < 4.78 is 40.8. The van der Waals surface area contributed by atoms with Gasteiger partial charge in [-0.3, -0.25) is 23.6 Å². The standard InChI is InChI=1S/C38H35Cl2F2N7O5.C2H6/c1-5-54-37(51)27-21-15-49(16-22(21)27)25-13-12-17-14-24(44-35(53-4)26(17)25)20-10-6-8-18(29(20)39)19-9-7-11-23(30(19)40)43-32-28-34(46-33(45-32)31(41)42)47(2)38(52)48(3)36(28)50;1-2/h6-11,14,21-22,25,27,31H,5,12-13,15-16H2,1-4H3,(H,43,45,46);1-2H3. The molecule has 3 atom stereocenters. The molecular weight excluding hydrogens is 767 g/mol. The number of anilines is 2. The van der Waals surface area contributed by atoms with Gasteiger partial charge in [0.1, 0.15) is 11.2 Å². The van der Waals surface area contributed by atoms with Crippen LogP contribution in [0.3, 0.4) is 0 Å². The second-order valence-electron chi connectivity index (χ2n) is 13.8. The number of nitrogens with zero attached hydrogens (tertiary/aromatic N) is 6. The van der Waals surface area contributed by atoms with Gasteiger partial charge < -0.3 is 14.8 Å². The van der Waals surface area contributed by atoms with Crippen molar-refractivity contribution in [2.45, 2.75) is 46.1 Å². The lowest BCUT2D eigenvalue weighted by Gasteiger charge is -2.28. The molecule has 0 bridgehead atoms. The number of aromatic nitrogens is 5. The summed E-state index contributed by atoms with van der Waals surface area (Å²) in [7, 11) is 4.22. The number of hydrogen-bond donors (Lipinski definition) is 1. The Labute approximate surface area is 331 Å². The summed E-state index contributed by atoms with van der Waals surface area (Å²) in [6.45, 7) is 7.90. The molecule has 2 aliphatic carbocycles. The molecule has 1 N–H and O–H groups in total. The van der Waals surface area contributed by atoms with Crippen LogP contribution < -0.4 is 21.3 Å². The van der Waals surface area contributed by atoms with E-state index >= 15 is 0 Å². The number of methoxy groups -OCH3 is 1. The number of rotatable bonds is 9. The number of nitrogens with one attached hydrogen (secondary N) is 1. The molecule has 3 aliphatic rings. The van der Waals surface area contributed by atoms with E-state index in [1.165, 1.54) is 14.1 Å². The number of carbonyl (C=O) groups is 1. The third kappa shape index (κ3) is 6.60. The monoisotopic (exact) mass is 807 g/mol. The Morgan fingerprint density at radius 2 is 1.62 bits per heavy atom. The Bertz CT molecular complexity index is 2480. The van der Waals surface area contributed by atoms with Crippen LogP contribution in [0.15, 0.2) is 52.1 Å². The van der Waals surface area contributed by atoms with Gasteiger partial charge in [-0.1, -0.05) is 67.4 Å². The molecule has 56 heavy (non-hydrogen) atoms. The van der Waals surface area contributed by atoms with Crippen LogP contribution in [-0.2, 0) is 30.0 Å². The fourth-order valence-electron chi connectivity index (χ4n) is 8.21. The third-order valence-corrected chi connectivity index (χ3v) is 11.7. The first-order chi connectivity index (χ1) is 26.9. The molecule has 16 heteroatoms. The molecule has 0 radical (unpaired) electrons. The van der Waals surface area contributed by atoms with Gasteiger partial charge in [0.15, 0.2) is 11.5 Å². The van der Waals surface area contributed by atoms with E-state index < -0.39 is 23.5 Å². The fourth-order valence-corrected chi connectivity index (χ4v) is 8.81. The number of piperidine rings is 1. The molecule has 2 fully saturated rings. The van der Waals surface area contributed by atoms with Gasteiger partial charge in [0.2, 0.25) is 5.88 Å². The Morgan fingerprint density at radius 1 is 0.964 bits per heavy atom. The lowest BCUT2D eigenvalue weighted by Crippen LogP contribution is -2.38. The van der Waals surface area contributed by atoms with Crippen LogP contribution in [-0.4, -0.2) is 61.8 Å². The van der Waals surface area contributed by atoms with Crippen molar-refractivity contribution < 1.29 is 23.0 Å². The number of esters is 1. The van der Waals surface area contributed by atoms with E-state index in [9.17, 15) is 23.2 Å². The van der Waals surface area contributed by atoms with Crippen LogP contribution in [0.2, 0.25) is 10.0 Å². The lowest BCUT2D eigenvalue weighted by molar-refractivity contribution is -0.145. The molecule has 12 nitrogen and oxygen atoms in total. The first kappa shape index (κ1) is 39.3. The summed E-state index contributed by atoms with van der Waals surface area (Å²) in [5.74, 6) is -0.00218. The van der Waals surface area contributed by atoms with E-state index in [-0.39, 0.29) is 45.5 Å². The summed E-state index contributed by atoms with van der Waals surface area (Å²) >= 11 is 14.1.